The van der Waals surface area contributed by atoms with Crippen molar-refractivity contribution in [1.82, 2.24) is 10.6 Å². The zero-order valence-electron chi connectivity index (χ0n) is 12.8. The van der Waals surface area contributed by atoms with E-state index in [1.54, 1.807) is 14.2 Å². The number of fused-ring (bicyclic) bond motifs is 1. The van der Waals surface area contributed by atoms with Gasteiger partial charge < -0.3 is 15.4 Å². The molecule has 2 aromatic rings. The number of ether oxygens (including phenoxy) is 1. The van der Waals surface area contributed by atoms with Gasteiger partial charge in [-0.3, -0.25) is 4.79 Å². The highest BCUT2D eigenvalue weighted by Gasteiger charge is 2.07. The van der Waals surface area contributed by atoms with Gasteiger partial charge in [-0.2, -0.15) is 0 Å². The highest BCUT2D eigenvalue weighted by molar-refractivity contribution is 5.84. The molecular weight excluding hydrogens is 264 g/mol. The van der Waals surface area contributed by atoms with Gasteiger partial charge in [-0.15, -0.1) is 0 Å². The summed E-state index contributed by atoms with van der Waals surface area (Å²) in [5.41, 5.74) is 1.21. The number of hydrogen-bond acceptors (Lipinski definition) is 3. The third-order valence-electron chi connectivity index (χ3n) is 3.65. The van der Waals surface area contributed by atoms with E-state index in [1.165, 1.54) is 10.9 Å². The summed E-state index contributed by atoms with van der Waals surface area (Å²) in [7, 11) is 3.33. The van der Waals surface area contributed by atoms with Gasteiger partial charge in [-0.05, 0) is 41.5 Å². The summed E-state index contributed by atoms with van der Waals surface area (Å²) >= 11 is 0. The SMILES string of the molecule is CNC(=O)CCNC(C)c1ccc2cc(OC)ccc2c1. The fraction of sp³-hybridized carbons (Fsp3) is 0.353. The minimum absolute atomic E-state index is 0.0558. The Morgan fingerprint density at radius 1 is 1.19 bits per heavy atom. The van der Waals surface area contributed by atoms with Crippen molar-refractivity contribution >= 4 is 16.7 Å². The van der Waals surface area contributed by atoms with Crippen LogP contribution >= 0.6 is 0 Å². The molecule has 0 saturated carbocycles. The standard InChI is InChI=1S/C17H22N2O2/c1-12(19-9-8-17(20)18-2)13-4-5-15-11-16(21-3)7-6-14(15)10-13/h4-7,10-12,19H,8-9H2,1-3H3,(H,18,20). The molecule has 1 amide bonds. The number of carbonyl (C=O) groups excluding carboxylic acids is 1. The van der Waals surface area contributed by atoms with E-state index in [1.807, 2.05) is 12.1 Å². The van der Waals surface area contributed by atoms with Gasteiger partial charge in [0.2, 0.25) is 5.91 Å². The van der Waals surface area contributed by atoms with Crippen LogP contribution in [0.15, 0.2) is 36.4 Å². The Kier molecular flexibility index (Phi) is 5.17. The van der Waals surface area contributed by atoms with Crippen molar-refractivity contribution in [3.8, 4) is 5.75 Å². The van der Waals surface area contributed by atoms with Crippen LogP contribution in [-0.4, -0.2) is 26.6 Å². The van der Waals surface area contributed by atoms with Crippen molar-refractivity contribution < 1.29 is 9.53 Å². The summed E-state index contributed by atoms with van der Waals surface area (Å²) in [5, 5.41) is 8.34. The summed E-state index contributed by atoms with van der Waals surface area (Å²) in [4.78, 5) is 11.2. The smallest absolute Gasteiger partial charge is 0.221 e. The Balaban J connectivity index is 2.06. The Morgan fingerprint density at radius 3 is 2.62 bits per heavy atom. The van der Waals surface area contributed by atoms with Crippen molar-refractivity contribution in [2.24, 2.45) is 0 Å². The molecular formula is C17H22N2O2. The third-order valence-corrected chi connectivity index (χ3v) is 3.65. The van der Waals surface area contributed by atoms with E-state index >= 15 is 0 Å². The lowest BCUT2D eigenvalue weighted by Gasteiger charge is -2.15. The number of hydrogen-bond donors (Lipinski definition) is 2. The van der Waals surface area contributed by atoms with Gasteiger partial charge in [-0.1, -0.05) is 18.2 Å². The molecule has 112 valence electrons. The second-order valence-corrected chi connectivity index (χ2v) is 5.07. The van der Waals surface area contributed by atoms with E-state index in [9.17, 15) is 4.79 Å². The third kappa shape index (κ3) is 3.95. The van der Waals surface area contributed by atoms with Gasteiger partial charge in [-0.25, -0.2) is 0 Å². The van der Waals surface area contributed by atoms with Gasteiger partial charge in [0.15, 0.2) is 0 Å². The molecule has 0 heterocycles. The molecule has 1 unspecified atom stereocenters. The summed E-state index contributed by atoms with van der Waals surface area (Å²) in [5.74, 6) is 0.923. The van der Waals surface area contributed by atoms with Gasteiger partial charge in [0.25, 0.3) is 0 Å². The van der Waals surface area contributed by atoms with Crippen LogP contribution in [0.5, 0.6) is 5.75 Å². The first-order valence-corrected chi connectivity index (χ1v) is 7.15. The largest absolute Gasteiger partial charge is 0.497 e. The molecule has 2 aromatic carbocycles. The highest BCUT2D eigenvalue weighted by Crippen LogP contribution is 2.24. The maximum atomic E-state index is 11.2. The van der Waals surface area contributed by atoms with Crippen LogP contribution in [0.25, 0.3) is 10.8 Å². The van der Waals surface area contributed by atoms with E-state index in [-0.39, 0.29) is 11.9 Å². The van der Waals surface area contributed by atoms with Crippen molar-refractivity contribution in [3.05, 3.63) is 42.0 Å². The van der Waals surface area contributed by atoms with Crippen molar-refractivity contribution in [2.75, 3.05) is 20.7 Å². The maximum Gasteiger partial charge on any atom is 0.221 e. The molecule has 0 aliphatic carbocycles. The van der Waals surface area contributed by atoms with Crippen LogP contribution in [0.3, 0.4) is 0 Å². The topological polar surface area (TPSA) is 50.4 Å². The predicted octanol–water partition coefficient (Wildman–Crippen LogP) is 2.64. The minimum Gasteiger partial charge on any atom is -0.497 e. The summed E-state index contributed by atoms with van der Waals surface area (Å²) < 4.78 is 5.24. The number of amides is 1. The van der Waals surface area contributed by atoms with Crippen molar-refractivity contribution in [2.45, 2.75) is 19.4 Å². The molecule has 0 aromatic heterocycles. The van der Waals surface area contributed by atoms with E-state index in [4.69, 9.17) is 4.74 Å². The van der Waals surface area contributed by atoms with Crippen LogP contribution in [0.2, 0.25) is 0 Å². The lowest BCUT2D eigenvalue weighted by molar-refractivity contribution is -0.120. The average molecular weight is 286 g/mol. The number of carbonyl (C=O) groups is 1. The van der Waals surface area contributed by atoms with E-state index in [2.05, 4.69) is 41.8 Å². The lowest BCUT2D eigenvalue weighted by atomic mass is 10.0. The van der Waals surface area contributed by atoms with Crippen molar-refractivity contribution in [3.63, 3.8) is 0 Å². The molecule has 0 bridgehead atoms. The van der Waals surface area contributed by atoms with E-state index < -0.39 is 0 Å². The second kappa shape index (κ2) is 7.09. The highest BCUT2D eigenvalue weighted by atomic mass is 16.5. The fourth-order valence-electron chi connectivity index (χ4n) is 2.28. The number of methoxy groups -OCH3 is 1. The lowest BCUT2D eigenvalue weighted by Crippen LogP contribution is -2.26. The quantitative estimate of drug-likeness (QED) is 0.858. The summed E-state index contributed by atoms with van der Waals surface area (Å²) in [6, 6.07) is 12.7. The van der Waals surface area contributed by atoms with Gasteiger partial charge in [0.1, 0.15) is 5.75 Å². The molecule has 4 nitrogen and oxygen atoms in total. The first-order chi connectivity index (χ1) is 10.1. The monoisotopic (exact) mass is 286 g/mol. The average Bonchev–Trinajstić information content (AvgIpc) is 2.53. The van der Waals surface area contributed by atoms with Crippen LogP contribution in [0, 0.1) is 0 Å². The normalized spacial score (nSPS) is 12.1. The summed E-state index contributed by atoms with van der Waals surface area (Å²) in [6.07, 6.45) is 0.492. The van der Waals surface area contributed by atoms with Crippen LogP contribution in [-0.2, 0) is 4.79 Å². The molecule has 2 rings (SSSR count). The van der Waals surface area contributed by atoms with Crippen LogP contribution in [0.4, 0.5) is 0 Å². The van der Waals surface area contributed by atoms with Crippen molar-refractivity contribution in [1.29, 1.82) is 0 Å². The molecule has 2 N–H and O–H groups in total. The van der Waals surface area contributed by atoms with Gasteiger partial charge in [0, 0.05) is 26.1 Å². The number of rotatable bonds is 6. The van der Waals surface area contributed by atoms with Gasteiger partial charge >= 0.3 is 0 Å². The first kappa shape index (κ1) is 15.3. The molecule has 4 heteroatoms. The number of benzene rings is 2. The Bertz CT molecular complexity index is 625. The minimum atomic E-state index is 0.0558. The molecule has 0 aliphatic rings. The molecule has 0 spiro atoms. The fourth-order valence-corrected chi connectivity index (χ4v) is 2.28. The van der Waals surface area contributed by atoms with E-state index in [0.29, 0.717) is 13.0 Å². The second-order valence-electron chi connectivity index (χ2n) is 5.07. The zero-order chi connectivity index (χ0) is 15.2. The molecule has 0 fully saturated rings. The molecule has 1 atom stereocenters. The predicted molar refractivity (Wildman–Crippen MR) is 85.6 cm³/mol. The molecule has 0 aliphatic heterocycles. The molecule has 21 heavy (non-hydrogen) atoms. The molecule has 0 saturated heterocycles. The Labute approximate surface area is 125 Å². The maximum absolute atomic E-state index is 11.2. The number of nitrogens with one attached hydrogen (secondary N) is 2. The Hall–Kier alpha value is -2.07. The van der Waals surface area contributed by atoms with E-state index in [0.717, 1.165) is 11.1 Å². The van der Waals surface area contributed by atoms with Gasteiger partial charge in [0.05, 0.1) is 7.11 Å². The van der Waals surface area contributed by atoms with Crippen LogP contribution < -0.4 is 15.4 Å². The van der Waals surface area contributed by atoms with Crippen LogP contribution in [0.1, 0.15) is 24.9 Å². The zero-order valence-corrected chi connectivity index (χ0v) is 12.8. The summed E-state index contributed by atoms with van der Waals surface area (Å²) in [6.45, 7) is 2.77. The molecule has 0 radical (unpaired) electrons. The first-order valence-electron chi connectivity index (χ1n) is 7.15. The Morgan fingerprint density at radius 2 is 1.90 bits per heavy atom.